The Morgan fingerprint density at radius 1 is 1.61 bits per heavy atom. The first-order valence-corrected chi connectivity index (χ1v) is 7.16. The predicted octanol–water partition coefficient (Wildman–Crippen LogP) is 2.32. The number of thiazole rings is 1. The van der Waals surface area contributed by atoms with E-state index in [1.165, 1.54) is 24.1 Å². The van der Waals surface area contributed by atoms with Gasteiger partial charge in [0.1, 0.15) is 0 Å². The van der Waals surface area contributed by atoms with Gasteiger partial charge in [0.05, 0.1) is 24.2 Å². The molecule has 0 N–H and O–H groups in total. The van der Waals surface area contributed by atoms with Gasteiger partial charge in [-0.1, -0.05) is 0 Å². The average Bonchev–Trinajstić information content (AvgIpc) is 2.75. The number of methoxy groups -OCH3 is 1. The molecule has 1 atom stereocenters. The van der Waals surface area contributed by atoms with Crippen LogP contribution in [0.3, 0.4) is 0 Å². The SMILES string of the molecule is COC(=O)CCN(C)[C@H]1CCCc2nc(C)sc21. The maximum Gasteiger partial charge on any atom is 0.306 e. The van der Waals surface area contributed by atoms with Crippen molar-refractivity contribution >= 4 is 17.3 Å². The third kappa shape index (κ3) is 2.90. The minimum atomic E-state index is -0.140. The average molecular weight is 268 g/mol. The molecule has 0 aromatic carbocycles. The van der Waals surface area contributed by atoms with E-state index >= 15 is 0 Å². The van der Waals surface area contributed by atoms with Crippen molar-refractivity contribution in [2.45, 2.75) is 38.6 Å². The fourth-order valence-electron chi connectivity index (χ4n) is 2.47. The Bertz CT molecular complexity index is 431. The second-order valence-electron chi connectivity index (χ2n) is 4.76. The van der Waals surface area contributed by atoms with Crippen LogP contribution in [0.1, 0.15) is 40.9 Å². The zero-order chi connectivity index (χ0) is 13.1. The second-order valence-corrected chi connectivity index (χ2v) is 5.99. The van der Waals surface area contributed by atoms with Crippen molar-refractivity contribution in [3.8, 4) is 0 Å². The number of carbonyl (C=O) groups excluding carboxylic acids is 1. The minimum absolute atomic E-state index is 0.140. The largest absolute Gasteiger partial charge is 0.469 e. The van der Waals surface area contributed by atoms with Crippen LogP contribution >= 0.6 is 11.3 Å². The van der Waals surface area contributed by atoms with Crippen molar-refractivity contribution in [1.29, 1.82) is 0 Å². The summed E-state index contributed by atoms with van der Waals surface area (Å²) in [6, 6.07) is 0.421. The summed E-state index contributed by atoms with van der Waals surface area (Å²) in [5.41, 5.74) is 1.26. The number of carbonyl (C=O) groups is 1. The van der Waals surface area contributed by atoms with E-state index in [1.807, 2.05) is 0 Å². The van der Waals surface area contributed by atoms with E-state index in [-0.39, 0.29) is 5.97 Å². The standard InChI is InChI=1S/C13H20N2O2S/c1-9-14-10-5-4-6-11(13(10)18-9)15(2)8-7-12(16)17-3/h11H,4-8H2,1-3H3/t11-/m0/s1. The third-order valence-electron chi connectivity index (χ3n) is 3.46. The quantitative estimate of drug-likeness (QED) is 0.786. The third-order valence-corrected chi connectivity index (χ3v) is 4.57. The van der Waals surface area contributed by atoms with E-state index in [2.05, 4.69) is 28.6 Å². The number of ether oxygens (including phenoxy) is 1. The first-order valence-electron chi connectivity index (χ1n) is 6.35. The predicted molar refractivity (Wildman–Crippen MR) is 71.8 cm³/mol. The first kappa shape index (κ1) is 13.5. The van der Waals surface area contributed by atoms with Gasteiger partial charge in [0.15, 0.2) is 0 Å². The van der Waals surface area contributed by atoms with Gasteiger partial charge in [0.25, 0.3) is 0 Å². The normalized spacial score (nSPS) is 18.8. The second kappa shape index (κ2) is 5.80. The number of aryl methyl sites for hydroxylation is 2. The van der Waals surface area contributed by atoms with Crippen LogP contribution in [0.15, 0.2) is 0 Å². The van der Waals surface area contributed by atoms with E-state index in [4.69, 9.17) is 0 Å². The van der Waals surface area contributed by atoms with Crippen LogP contribution in [0.25, 0.3) is 0 Å². The van der Waals surface area contributed by atoms with Gasteiger partial charge in [-0.2, -0.15) is 0 Å². The topological polar surface area (TPSA) is 42.4 Å². The van der Waals surface area contributed by atoms with Gasteiger partial charge in [-0.15, -0.1) is 11.3 Å². The highest BCUT2D eigenvalue weighted by atomic mass is 32.1. The molecular weight excluding hydrogens is 248 g/mol. The van der Waals surface area contributed by atoms with E-state index in [9.17, 15) is 4.79 Å². The van der Waals surface area contributed by atoms with Crippen LogP contribution in [-0.4, -0.2) is 36.6 Å². The molecule has 0 saturated heterocycles. The number of nitrogens with zero attached hydrogens (tertiary/aromatic N) is 2. The Morgan fingerprint density at radius 2 is 2.39 bits per heavy atom. The zero-order valence-corrected chi connectivity index (χ0v) is 12.0. The molecule has 0 amide bonds. The minimum Gasteiger partial charge on any atom is -0.469 e. The molecule has 1 heterocycles. The monoisotopic (exact) mass is 268 g/mol. The highest BCUT2D eigenvalue weighted by molar-refractivity contribution is 7.11. The summed E-state index contributed by atoms with van der Waals surface area (Å²) in [5.74, 6) is -0.140. The molecule has 1 aliphatic carbocycles. The molecule has 1 aromatic heterocycles. The van der Waals surface area contributed by atoms with Crippen molar-refractivity contribution in [2.24, 2.45) is 0 Å². The Labute approximate surface area is 112 Å². The van der Waals surface area contributed by atoms with Crippen molar-refractivity contribution in [1.82, 2.24) is 9.88 Å². The highest BCUT2D eigenvalue weighted by Gasteiger charge is 2.27. The molecule has 4 nitrogen and oxygen atoms in total. The fourth-order valence-corrected chi connectivity index (χ4v) is 3.64. The molecule has 100 valence electrons. The van der Waals surface area contributed by atoms with Crippen molar-refractivity contribution < 1.29 is 9.53 Å². The molecule has 0 bridgehead atoms. The fraction of sp³-hybridized carbons (Fsp3) is 0.692. The Morgan fingerprint density at radius 3 is 3.11 bits per heavy atom. The molecule has 0 aliphatic heterocycles. The molecule has 18 heavy (non-hydrogen) atoms. The van der Waals surface area contributed by atoms with Crippen LogP contribution in [-0.2, 0) is 16.0 Å². The lowest BCUT2D eigenvalue weighted by Gasteiger charge is -2.30. The number of rotatable bonds is 4. The van der Waals surface area contributed by atoms with Crippen molar-refractivity contribution in [3.63, 3.8) is 0 Å². The molecule has 0 saturated carbocycles. The molecular formula is C13H20N2O2S. The number of aromatic nitrogens is 1. The lowest BCUT2D eigenvalue weighted by atomic mass is 9.97. The number of fused-ring (bicyclic) bond motifs is 1. The van der Waals surface area contributed by atoms with Gasteiger partial charge >= 0.3 is 5.97 Å². The van der Waals surface area contributed by atoms with Gasteiger partial charge in [-0.25, -0.2) is 4.98 Å². The van der Waals surface area contributed by atoms with Gasteiger partial charge in [0.2, 0.25) is 0 Å². The Balaban J connectivity index is 2.03. The van der Waals surface area contributed by atoms with Crippen LogP contribution in [0, 0.1) is 6.92 Å². The molecule has 1 aliphatic rings. The van der Waals surface area contributed by atoms with Gasteiger partial charge < -0.3 is 4.74 Å². The summed E-state index contributed by atoms with van der Waals surface area (Å²) in [7, 11) is 3.52. The zero-order valence-electron chi connectivity index (χ0n) is 11.2. The van der Waals surface area contributed by atoms with Gasteiger partial charge in [-0.05, 0) is 33.2 Å². The summed E-state index contributed by atoms with van der Waals surface area (Å²) < 4.78 is 4.69. The first-order chi connectivity index (χ1) is 8.61. The van der Waals surface area contributed by atoms with E-state index < -0.39 is 0 Å². The molecule has 0 fully saturated rings. The van der Waals surface area contributed by atoms with Crippen LogP contribution in [0.5, 0.6) is 0 Å². The summed E-state index contributed by atoms with van der Waals surface area (Å²) in [4.78, 5) is 19.4. The lowest BCUT2D eigenvalue weighted by Crippen LogP contribution is -2.29. The number of hydrogen-bond donors (Lipinski definition) is 0. The maximum atomic E-state index is 11.2. The van der Waals surface area contributed by atoms with Crippen molar-refractivity contribution in [3.05, 3.63) is 15.6 Å². The van der Waals surface area contributed by atoms with Gasteiger partial charge in [-0.3, -0.25) is 9.69 Å². The Hall–Kier alpha value is -0.940. The molecule has 2 rings (SSSR count). The van der Waals surface area contributed by atoms with Crippen LogP contribution in [0.2, 0.25) is 0 Å². The van der Waals surface area contributed by atoms with Crippen molar-refractivity contribution in [2.75, 3.05) is 20.7 Å². The molecule has 5 heteroatoms. The lowest BCUT2D eigenvalue weighted by molar-refractivity contribution is -0.141. The van der Waals surface area contributed by atoms with E-state index in [0.717, 1.165) is 24.4 Å². The smallest absolute Gasteiger partial charge is 0.306 e. The summed E-state index contributed by atoms with van der Waals surface area (Å²) in [6.45, 7) is 2.81. The van der Waals surface area contributed by atoms with E-state index in [0.29, 0.717) is 12.5 Å². The van der Waals surface area contributed by atoms with Crippen LogP contribution in [0.4, 0.5) is 0 Å². The maximum absolute atomic E-state index is 11.2. The molecule has 0 spiro atoms. The number of esters is 1. The molecule has 0 unspecified atom stereocenters. The van der Waals surface area contributed by atoms with E-state index in [1.54, 1.807) is 11.3 Å². The summed E-state index contributed by atoms with van der Waals surface area (Å²) in [5, 5.41) is 1.15. The summed E-state index contributed by atoms with van der Waals surface area (Å²) >= 11 is 1.80. The van der Waals surface area contributed by atoms with Gasteiger partial charge in [0, 0.05) is 17.5 Å². The molecule has 1 aromatic rings. The Kier molecular flexibility index (Phi) is 4.35. The molecule has 0 radical (unpaired) electrons. The summed E-state index contributed by atoms with van der Waals surface area (Å²) in [6.07, 6.45) is 3.90. The number of hydrogen-bond acceptors (Lipinski definition) is 5. The highest BCUT2D eigenvalue weighted by Crippen LogP contribution is 2.37. The van der Waals surface area contributed by atoms with Crippen LogP contribution < -0.4 is 0 Å².